The highest BCUT2D eigenvalue weighted by Crippen LogP contribution is 2.20. The van der Waals surface area contributed by atoms with Crippen LogP contribution in [-0.2, 0) is 24.3 Å². The number of nitrogens with zero attached hydrogens (tertiary/aromatic N) is 4. The summed E-state index contributed by atoms with van der Waals surface area (Å²) in [6, 6.07) is 9.87. The molecule has 0 unspecified atom stereocenters. The van der Waals surface area contributed by atoms with Gasteiger partial charge in [-0.15, -0.1) is 0 Å². The van der Waals surface area contributed by atoms with Crippen LogP contribution in [0, 0.1) is 0 Å². The van der Waals surface area contributed by atoms with Crippen LogP contribution in [0.5, 0.6) is 0 Å². The summed E-state index contributed by atoms with van der Waals surface area (Å²) in [4.78, 5) is 14.4. The smallest absolute Gasteiger partial charge is 0.274 e. The summed E-state index contributed by atoms with van der Waals surface area (Å²) in [5.74, 6) is -0.0980. The van der Waals surface area contributed by atoms with Crippen molar-refractivity contribution in [2.45, 2.75) is 19.6 Å². The fourth-order valence-electron chi connectivity index (χ4n) is 2.99. The van der Waals surface area contributed by atoms with Crippen molar-refractivity contribution < 1.29 is 9.53 Å². The van der Waals surface area contributed by atoms with Crippen molar-refractivity contribution in [2.24, 2.45) is 0 Å². The van der Waals surface area contributed by atoms with E-state index < -0.39 is 0 Å². The summed E-state index contributed by atoms with van der Waals surface area (Å²) in [5, 5.41) is 11.4. The van der Waals surface area contributed by atoms with Crippen LogP contribution in [0.4, 0.5) is 0 Å². The third-order valence-corrected chi connectivity index (χ3v) is 4.37. The number of rotatable bonds is 4. The van der Waals surface area contributed by atoms with Gasteiger partial charge in [-0.2, -0.15) is 10.2 Å². The number of aromatic amines is 1. The highest BCUT2D eigenvalue weighted by molar-refractivity contribution is 5.93. The number of H-pyrrole nitrogens is 1. The van der Waals surface area contributed by atoms with Gasteiger partial charge < -0.3 is 9.64 Å². The lowest BCUT2D eigenvalue weighted by molar-refractivity contribution is 0.0765. The first-order valence-electron chi connectivity index (χ1n) is 8.20. The van der Waals surface area contributed by atoms with Crippen molar-refractivity contribution in [3.05, 3.63) is 65.2 Å². The SMILES string of the molecule is CN(Cc1ccc(-n2cccn2)cc1)C(=O)c1n[nH]c2c1COCC2. The second kappa shape index (κ2) is 6.52. The molecule has 7 heteroatoms. The Morgan fingerprint density at radius 3 is 2.96 bits per heavy atom. The van der Waals surface area contributed by atoms with Gasteiger partial charge in [0.15, 0.2) is 5.69 Å². The van der Waals surface area contributed by atoms with E-state index in [0.717, 1.165) is 28.9 Å². The predicted molar refractivity (Wildman–Crippen MR) is 91.3 cm³/mol. The maximum absolute atomic E-state index is 12.7. The minimum atomic E-state index is -0.0980. The van der Waals surface area contributed by atoms with Crippen LogP contribution in [0.25, 0.3) is 5.69 Å². The standard InChI is InChI=1S/C18H19N5O2/c1-22(18(24)17-15-12-25-10-7-16(15)20-21-17)11-13-3-5-14(6-4-13)23-9-2-8-19-23/h2-6,8-9H,7,10-12H2,1H3,(H,20,21). The molecule has 25 heavy (non-hydrogen) atoms. The molecule has 1 aliphatic rings. The third-order valence-electron chi connectivity index (χ3n) is 4.37. The van der Waals surface area contributed by atoms with Crippen LogP contribution >= 0.6 is 0 Å². The number of ether oxygens (including phenoxy) is 1. The summed E-state index contributed by atoms with van der Waals surface area (Å²) >= 11 is 0. The largest absolute Gasteiger partial charge is 0.376 e. The number of carbonyl (C=O) groups is 1. The first-order valence-corrected chi connectivity index (χ1v) is 8.20. The minimum Gasteiger partial charge on any atom is -0.376 e. The summed E-state index contributed by atoms with van der Waals surface area (Å²) in [6.45, 7) is 1.63. The number of fused-ring (bicyclic) bond motifs is 1. The van der Waals surface area contributed by atoms with Gasteiger partial charge in [0.2, 0.25) is 0 Å². The average molecular weight is 337 g/mol. The van der Waals surface area contributed by atoms with Crippen molar-refractivity contribution in [1.29, 1.82) is 0 Å². The van der Waals surface area contributed by atoms with E-state index >= 15 is 0 Å². The molecule has 0 spiro atoms. The van der Waals surface area contributed by atoms with Gasteiger partial charge in [-0.1, -0.05) is 12.1 Å². The molecule has 0 atom stereocenters. The molecule has 1 amide bonds. The van der Waals surface area contributed by atoms with Crippen LogP contribution in [0.3, 0.4) is 0 Å². The third kappa shape index (κ3) is 3.06. The second-order valence-electron chi connectivity index (χ2n) is 6.11. The van der Waals surface area contributed by atoms with E-state index in [4.69, 9.17) is 4.74 Å². The lowest BCUT2D eigenvalue weighted by Gasteiger charge is -2.18. The Labute approximate surface area is 145 Å². The second-order valence-corrected chi connectivity index (χ2v) is 6.11. The Morgan fingerprint density at radius 1 is 1.36 bits per heavy atom. The highest BCUT2D eigenvalue weighted by Gasteiger charge is 2.24. The maximum atomic E-state index is 12.7. The van der Waals surface area contributed by atoms with Gasteiger partial charge in [-0.05, 0) is 23.8 Å². The number of nitrogens with one attached hydrogen (secondary N) is 1. The summed E-state index contributed by atoms with van der Waals surface area (Å²) in [5.41, 5.74) is 4.39. The zero-order chi connectivity index (χ0) is 17.2. The normalized spacial score (nSPS) is 13.5. The Morgan fingerprint density at radius 2 is 2.20 bits per heavy atom. The summed E-state index contributed by atoms with van der Waals surface area (Å²) < 4.78 is 7.25. The summed E-state index contributed by atoms with van der Waals surface area (Å²) in [6.07, 6.45) is 4.41. The molecule has 2 aromatic heterocycles. The Bertz CT molecular complexity index is 868. The minimum absolute atomic E-state index is 0.0980. The Balaban J connectivity index is 1.47. The van der Waals surface area contributed by atoms with Crippen LogP contribution in [0.2, 0.25) is 0 Å². The van der Waals surface area contributed by atoms with Crippen LogP contribution in [0.15, 0.2) is 42.7 Å². The van der Waals surface area contributed by atoms with Gasteiger partial charge in [0.05, 0.1) is 18.9 Å². The maximum Gasteiger partial charge on any atom is 0.274 e. The molecule has 0 bridgehead atoms. The molecule has 3 heterocycles. The van der Waals surface area contributed by atoms with Crippen LogP contribution in [0.1, 0.15) is 27.3 Å². The number of benzene rings is 1. The van der Waals surface area contributed by atoms with Crippen molar-refractivity contribution in [3.63, 3.8) is 0 Å². The molecular formula is C18H19N5O2. The number of hydrogen-bond acceptors (Lipinski definition) is 4. The molecule has 0 aliphatic carbocycles. The number of carbonyl (C=O) groups excluding carboxylic acids is 1. The Kier molecular flexibility index (Phi) is 4.07. The Hall–Kier alpha value is -2.93. The number of aromatic nitrogens is 4. The van der Waals surface area contributed by atoms with E-state index in [0.29, 0.717) is 25.5 Å². The molecule has 4 rings (SSSR count). The molecule has 1 aromatic carbocycles. The first kappa shape index (κ1) is 15.6. The molecule has 128 valence electrons. The molecule has 0 fully saturated rings. The topological polar surface area (TPSA) is 76.0 Å². The van der Waals surface area contributed by atoms with Gasteiger partial charge in [0.25, 0.3) is 5.91 Å². The molecule has 7 nitrogen and oxygen atoms in total. The zero-order valence-electron chi connectivity index (χ0n) is 14.0. The summed E-state index contributed by atoms with van der Waals surface area (Å²) in [7, 11) is 1.79. The van der Waals surface area contributed by atoms with E-state index in [1.807, 2.05) is 36.5 Å². The van der Waals surface area contributed by atoms with Gasteiger partial charge in [0, 0.05) is 43.7 Å². The van der Waals surface area contributed by atoms with Gasteiger partial charge >= 0.3 is 0 Å². The fraction of sp³-hybridized carbons (Fsp3) is 0.278. The van der Waals surface area contributed by atoms with Gasteiger partial charge in [0.1, 0.15) is 0 Å². The average Bonchev–Trinajstić information content (AvgIpc) is 3.31. The monoisotopic (exact) mass is 337 g/mol. The van der Waals surface area contributed by atoms with E-state index in [2.05, 4.69) is 15.3 Å². The first-order chi connectivity index (χ1) is 12.2. The number of amides is 1. The molecule has 0 saturated heterocycles. The van der Waals surface area contributed by atoms with Crippen LogP contribution in [-0.4, -0.2) is 44.4 Å². The van der Waals surface area contributed by atoms with Crippen LogP contribution < -0.4 is 0 Å². The van der Waals surface area contributed by atoms with Gasteiger partial charge in [-0.3, -0.25) is 9.89 Å². The van der Waals surface area contributed by atoms with E-state index in [1.54, 1.807) is 22.8 Å². The highest BCUT2D eigenvalue weighted by atomic mass is 16.5. The van der Waals surface area contributed by atoms with E-state index in [9.17, 15) is 4.79 Å². The van der Waals surface area contributed by atoms with E-state index in [1.165, 1.54) is 0 Å². The van der Waals surface area contributed by atoms with Crippen molar-refractivity contribution >= 4 is 5.91 Å². The van der Waals surface area contributed by atoms with Crippen molar-refractivity contribution in [2.75, 3.05) is 13.7 Å². The lowest BCUT2D eigenvalue weighted by Crippen LogP contribution is -2.28. The molecule has 3 aromatic rings. The molecule has 0 radical (unpaired) electrons. The zero-order valence-corrected chi connectivity index (χ0v) is 14.0. The van der Waals surface area contributed by atoms with Gasteiger partial charge in [-0.25, -0.2) is 4.68 Å². The lowest BCUT2D eigenvalue weighted by atomic mass is 10.1. The fourth-order valence-corrected chi connectivity index (χ4v) is 2.99. The number of hydrogen-bond donors (Lipinski definition) is 1. The van der Waals surface area contributed by atoms with Crippen molar-refractivity contribution in [1.82, 2.24) is 24.9 Å². The molecule has 0 saturated carbocycles. The predicted octanol–water partition coefficient (Wildman–Crippen LogP) is 1.94. The molecule has 1 aliphatic heterocycles. The molecular weight excluding hydrogens is 318 g/mol. The van der Waals surface area contributed by atoms with E-state index in [-0.39, 0.29) is 5.91 Å². The van der Waals surface area contributed by atoms with Crippen molar-refractivity contribution in [3.8, 4) is 5.69 Å². The molecule has 1 N–H and O–H groups in total. The quantitative estimate of drug-likeness (QED) is 0.789.